The number of rotatable bonds is 7. The van der Waals surface area contributed by atoms with Gasteiger partial charge in [-0.15, -0.1) is 0 Å². The molecule has 0 aliphatic carbocycles. The maximum Gasteiger partial charge on any atom is 0.340 e. The zero-order chi connectivity index (χ0) is 22.5. The second kappa shape index (κ2) is 9.46. The zero-order valence-corrected chi connectivity index (χ0v) is 17.2. The molecule has 162 valence electrons. The van der Waals surface area contributed by atoms with E-state index in [1.54, 1.807) is 0 Å². The molecule has 3 rings (SSSR count). The summed E-state index contributed by atoms with van der Waals surface area (Å²) in [5.74, 6) is -2.59. The van der Waals surface area contributed by atoms with Crippen molar-refractivity contribution >= 4 is 17.6 Å². The van der Waals surface area contributed by atoms with E-state index in [1.807, 2.05) is 24.3 Å². The average Bonchev–Trinajstić information content (AvgIpc) is 3.23. The Hall–Kier alpha value is -3.62. The van der Waals surface area contributed by atoms with Crippen molar-refractivity contribution in [1.82, 2.24) is 10.1 Å². The Balaban J connectivity index is 1.62. The highest BCUT2D eigenvalue weighted by Crippen LogP contribution is 2.22. The van der Waals surface area contributed by atoms with Gasteiger partial charge >= 0.3 is 5.97 Å². The third-order valence-corrected chi connectivity index (χ3v) is 4.61. The second-order valence-electron chi connectivity index (χ2n) is 7.14. The fraction of sp³-hybridized carbons (Fsp3) is 0.273. The van der Waals surface area contributed by atoms with Gasteiger partial charge < -0.3 is 14.6 Å². The third-order valence-electron chi connectivity index (χ3n) is 4.61. The standard InChI is InChI=1S/C22H21F2N3O4/c1-12(2)13-4-6-14(7-5-13)21-26-20(31-27-21)9-8-19(28)25-18-10-15(22(29)30-3)16(23)11-17(18)24/h4-7,10-12H,8-9H2,1-3H3,(H,25,28). The number of carbonyl (C=O) groups is 2. The molecule has 7 nitrogen and oxygen atoms in total. The number of hydrogen-bond donors (Lipinski definition) is 1. The molecule has 1 amide bonds. The van der Waals surface area contributed by atoms with Crippen LogP contribution in [-0.4, -0.2) is 29.1 Å². The number of hydrogen-bond acceptors (Lipinski definition) is 6. The summed E-state index contributed by atoms with van der Waals surface area (Å²) < 4.78 is 37.3. The summed E-state index contributed by atoms with van der Waals surface area (Å²) in [6, 6.07) is 9.17. The Morgan fingerprint density at radius 1 is 1.13 bits per heavy atom. The largest absolute Gasteiger partial charge is 0.465 e. The molecule has 0 bridgehead atoms. The predicted octanol–water partition coefficient (Wildman–Crippen LogP) is 4.50. The summed E-state index contributed by atoms with van der Waals surface area (Å²) in [5.41, 5.74) is 1.16. The molecule has 0 saturated heterocycles. The summed E-state index contributed by atoms with van der Waals surface area (Å²) in [6.45, 7) is 4.20. The molecule has 0 fully saturated rings. The summed E-state index contributed by atoms with van der Waals surface area (Å²) in [7, 11) is 1.07. The van der Waals surface area contributed by atoms with Crippen LogP contribution in [0.4, 0.5) is 14.5 Å². The number of ether oxygens (including phenoxy) is 1. The van der Waals surface area contributed by atoms with Crippen molar-refractivity contribution in [2.24, 2.45) is 0 Å². The number of aromatic nitrogens is 2. The van der Waals surface area contributed by atoms with E-state index in [0.717, 1.165) is 18.7 Å². The molecule has 1 heterocycles. The third kappa shape index (κ3) is 5.30. The molecule has 3 aromatic rings. The maximum absolute atomic E-state index is 13.9. The highest BCUT2D eigenvalue weighted by Gasteiger charge is 2.18. The van der Waals surface area contributed by atoms with Crippen LogP contribution in [0, 0.1) is 11.6 Å². The molecule has 1 N–H and O–H groups in total. The Morgan fingerprint density at radius 2 is 1.84 bits per heavy atom. The molecular weight excluding hydrogens is 408 g/mol. The average molecular weight is 429 g/mol. The number of halogens is 2. The van der Waals surface area contributed by atoms with Crippen molar-refractivity contribution in [3.05, 3.63) is 65.1 Å². The smallest absolute Gasteiger partial charge is 0.340 e. The summed E-state index contributed by atoms with van der Waals surface area (Å²) in [5, 5.41) is 6.22. The molecule has 0 spiro atoms. The number of esters is 1. The van der Waals surface area contributed by atoms with E-state index in [4.69, 9.17) is 4.52 Å². The quantitative estimate of drug-likeness (QED) is 0.556. The summed E-state index contributed by atoms with van der Waals surface area (Å²) in [6.07, 6.45) is 0.0356. The topological polar surface area (TPSA) is 94.3 Å². The van der Waals surface area contributed by atoms with E-state index < -0.39 is 29.1 Å². The van der Waals surface area contributed by atoms with Gasteiger partial charge in [0.1, 0.15) is 11.6 Å². The van der Waals surface area contributed by atoms with Crippen LogP contribution in [-0.2, 0) is 16.0 Å². The molecule has 0 aliphatic heterocycles. The van der Waals surface area contributed by atoms with Crippen molar-refractivity contribution in [1.29, 1.82) is 0 Å². The highest BCUT2D eigenvalue weighted by atomic mass is 19.1. The lowest BCUT2D eigenvalue weighted by Gasteiger charge is -2.08. The van der Waals surface area contributed by atoms with E-state index in [2.05, 4.69) is 34.0 Å². The number of nitrogens with one attached hydrogen (secondary N) is 1. The van der Waals surface area contributed by atoms with Crippen molar-refractivity contribution in [2.45, 2.75) is 32.6 Å². The Bertz CT molecular complexity index is 1090. The molecular formula is C22H21F2N3O4. The van der Waals surface area contributed by atoms with Crippen LogP contribution in [0.15, 0.2) is 40.9 Å². The number of benzene rings is 2. The van der Waals surface area contributed by atoms with Crippen LogP contribution in [0.5, 0.6) is 0 Å². The van der Waals surface area contributed by atoms with Crippen molar-refractivity contribution < 1.29 is 27.6 Å². The first kappa shape index (κ1) is 22.1. The van der Waals surface area contributed by atoms with Gasteiger partial charge in [-0.2, -0.15) is 4.98 Å². The van der Waals surface area contributed by atoms with Crippen LogP contribution >= 0.6 is 0 Å². The van der Waals surface area contributed by atoms with Gasteiger partial charge in [0, 0.05) is 24.5 Å². The van der Waals surface area contributed by atoms with Crippen molar-refractivity contribution in [2.75, 3.05) is 12.4 Å². The maximum atomic E-state index is 13.9. The first-order valence-electron chi connectivity index (χ1n) is 9.58. The lowest BCUT2D eigenvalue weighted by Crippen LogP contribution is -2.15. The molecule has 0 radical (unpaired) electrons. The van der Waals surface area contributed by atoms with Gasteiger partial charge in [-0.3, -0.25) is 4.79 Å². The van der Waals surface area contributed by atoms with Crippen LogP contribution in [0.2, 0.25) is 0 Å². The van der Waals surface area contributed by atoms with E-state index in [-0.39, 0.29) is 24.4 Å². The Kier molecular flexibility index (Phi) is 6.74. The van der Waals surface area contributed by atoms with Crippen LogP contribution in [0.3, 0.4) is 0 Å². The molecule has 9 heteroatoms. The number of nitrogens with zero attached hydrogens (tertiary/aromatic N) is 2. The van der Waals surface area contributed by atoms with Gasteiger partial charge in [-0.05, 0) is 17.5 Å². The fourth-order valence-electron chi connectivity index (χ4n) is 2.84. The van der Waals surface area contributed by atoms with E-state index >= 15 is 0 Å². The van der Waals surface area contributed by atoms with Gasteiger partial charge in [-0.1, -0.05) is 43.3 Å². The minimum atomic E-state index is -1.08. The molecule has 1 aromatic heterocycles. The predicted molar refractivity (Wildman–Crippen MR) is 108 cm³/mol. The fourth-order valence-corrected chi connectivity index (χ4v) is 2.84. The summed E-state index contributed by atoms with van der Waals surface area (Å²) >= 11 is 0. The van der Waals surface area contributed by atoms with Crippen LogP contribution < -0.4 is 5.32 Å². The minimum Gasteiger partial charge on any atom is -0.465 e. The van der Waals surface area contributed by atoms with E-state index in [1.165, 1.54) is 5.56 Å². The van der Waals surface area contributed by atoms with Crippen LogP contribution in [0.1, 0.15) is 48.0 Å². The normalized spacial score (nSPS) is 10.9. The minimum absolute atomic E-state index is 0.0850. The lowest BCUT2D eigenvalue weighted by atomic mass is 10.0. The molecule has 0 atom stereocenters. The van der Waals surface area contributed by atoms with Crippen molar-refractivity contribution in [3.8, 4) is 11.4 Å². The number of anilines is 1. The van der Waals surface area contributed by atoms with Gasteiger partial charge in [0.05, 0.1) is 18.4 Å². The molecule has 0 unspecified atom stereocenters. The van der Waals surface area contributed by atoms with Gasteiger partial charge in [0.2, 0.25) is 17.6 Å². The Labute approximate surface area is 177 Å². The second-order valence-corrected chi connectivity index (χ2v) is 7.14. The van der Waals surface area contributed by atoms with Crippen molar-refractivity contribution in [3.63, 3.8) is 0 Å². The number of methoxy groups -OCH3 is 1. The summed E-state index contributed by atoms with van der Waals surface area (Å²) in [4.78, 5) is 28.0. The van der Waals surface area contributed by atoms with E-state index in [9.17, 15) is 18.4 Å². The highest BCUT2D eigenvalue weighted by molar-refractivity contribution is 5.94. The number of amides is 1. The monoisotopic (exact) mass is 429 g/mol. The number of aryl methyl sites for hydroxylation is 1. The van der Waals surface area contributed by atoms with Gasteiger partial charge in [-0.25, -0.2) is 13.6 Å². The van der Waals surface area contributed by atoms with Gasteiger partial charge in [0.15, 0.2) is 0 Å². The molecule has 2 aromatic carbocycles. The first-order valence-corrected chi connectivity index (χ1v) is 9.58. The van der Waals surface area contributed by atoms with E-state index in [0.29, 0.717) is 17.8 Å². The number of carbonyl (C=O) groups excluding carboxylic acids is 2. The SMILES string of the molecule is COC(=O)c1cc(NC(=O)CCc2nc(-c3ccc(C(C)C)cc3)no2)c(F)cc1F. The van der Waals surface area contributed by atoms with Crippen LogP contribution in [0.25, 0.3) is 11.4 Å². The zero-order valence-electron chi connectivity index (χ0n) is 17.2. The molecule has 0 saturated carbocycles. The lowest BCUT2D eigenvalue weighted by molar-refractivity contribution is -0.116. The molecule has 0 aliphatic rings. The van der Waals surface area contributed by atoms with Gasteiger partial charge in [0.25, 0.3) is 0 Å². The Morgan fingerprint density at radius 3 is 2.48 bits per heavy atom. The molecule has 31 heavy (non-hydrogen) atoms. The first-order chi connectivity index (χ1) is 14.8.